The summed E-state index contributed by atoms with van der Waals surface area (Å²) >= 11 is 3.42. The third-order valence-electron chi connectivity index (χ3n) is 2.46. The molecule has 0 aliphatic heterocycles. The highest BCUT2D eigenvalue weighted by atomic mass is 79.9. The van der Waals surface area contributed by atoms with Gasteiger partial charge in [-0.2, -0.15) is 0 Å². The van der Waals surface area contributed by atoms with E-state index in [2.05, 4.69) is 21.2 Å². The second-order valence-corrected chi connectivity index (χ2v) is 4.66. The number of hydrogen-bond donors (Lipinski definition) is 2. The fourth-order valence-electron chi connectivity index (χ4n) is 1.35. The van der Waals surface area contributed by atoms with Crippen molar-refractivity contribution in [2.24, 2.45) is 5.73 Å². The molecule has 102 valence electrons. The maximum Gasteiger partial charge on any atom is 0.227 e. The Labute approximate surface area is 122 Å². The van der Waals surface area contributed by atoms with E-state index in [0.717, 1.165) is 15.7 Å². The standard InChI is InChI=1S/C12H17BrN2O2.ClH/c1-8-3-4-9(5-11(8)13)15-12(16)6-10(7-14)17-2;/h3-5,10H,6-7,14H2,1-2H3,(H,15,16);1H. The van der Waals surface area contributed by atoms with Crippen molar-refractivity contribution in [2.75, 3.05) is 19.0 Å². The van der Waals surface area contributed by atoms with Crippen LogP contribution in [0.2, 0.25) is 0 Å². The lowest BCUT2D eigenvalue weighted by Crippen LogP contribution is -2.28. The number of anilines is 1. The smallest absolute Gasteiger partial charge is 0.227 e. The predicted octanol–water partition coefficient (Wildman–Crippen LogP) is 2.48. The Bertz CT molecular complexity index is 398. The highest BCUT2D eigenvalue weighted by Gasteiger charge is 2.11. The molecule has 1 aromatic carbocycles. The van der Waals surface area contributed by atoms with Crippen LogP contribution in [0.15, 0.2) is 22.7 Å². The SMILES string of the molecule is COC(CN)CC(=O)Nc1ccc(C)c(Br)c1.Cl. The van der Waals surface area contributed by atoms with Crippen LogP contribution in [0.1, 0.15) is 12.0 Å². The topological polar surface area (TPSA) is 64.3 Å². The van der Waals surface area contributed by atoms with Crippen molar-refractivity contribution >= 4 is 39.9 Å². The van der Waals surface area contributed by atoms with Gasteiger partial charge < -0.3 is 15.8 Å². The molecule has 4 nitrogen and oxygen atoms in total. The summed E-state index contributed by atoms with van der Waals surface area (Å²) in [5.74, 6) is -0.0990. The molecule has 6 heteroatoms. The Morgan fingerprint density at radius 1 is 1.56 bits per heavy atom. The zero-order chi connectivity index (χ0) is 12.8. The summed E-state index contributed by atoms with van der Waals surface area (Å²) in [5, 5.41) is 2.80. The first kappa shape index (κ1) is 17.4. The molecule has 18 heavy (non-hydrogen) atoms. The van der Waals surface area contributed by atoms with Gasteiger partial charge in [0, 0.05) is 23.8 Å². The number of carbonyl (C=O) groups excluding carboxylic acids is 1. The van der Waals surface area contributed by atoms with Crippen LogP contribution < -0.4 is 11.1 Å². The summed E-state index contributed by atoms with van der Waals surface area (Å²) in [5.41, 5.74) is 7.34. The van der Waals surface area contributed by atoms with Gasteiger partial charge in [0.25, 0.3) is 0 Å². The average molecular weight is 338 g/mol. The van der Waals surface area contributed by atoms with Gasteiger partial charge in [0.1, 0.15) is 0 Å². The molecule has 1 aromatic rings. The molecule has 1 unspecified atom stereocenters. The van der Waals surface area contributed by atoms with E-state index in [0.29, 0.717) is 6.54 Å². The van der Waals surface area contributed by atoms with Gasteiger partial charge >= 0.3 is 0 Å². The fraction of sp³-hybridized carbons (Fsp3) is 0.417. The van der Waals surface area contributed by atoms with Gasteiger partial charge in [-0.05, 0) is 24.6 Å². The first-order valence-corrected chi connectivity index (χ1v) is 6.15. The molecule has 1 amide bonds. The van der Waals surface area contributed by atoms with Crippen LogP contribution in [-0.4, -0.2) is 25.7 Å². The lowest BCUT2D eigenvalue weighted by molar-refractivity contribution is -0.118. The summed E-state index contributed by atoms with van der Waals surface area (Å²) < 4.78 is 6.03. The van der Waals surface area contributed by atoms with Gasteiger partial charge in [-0.25, -0.2) is 0 Å². The van der Waals surface area contributed by atoms with Crippen LogP contribution in [-0.2, 0) is 9.53 Å². The van der Waals surface area contributed by atoms with Gasteiger partial charge in [0.2, 0.25) is 5.91 Å². The number of benzene rings is 1. The summed E-state index contributed by atoms with van der Waals surface area (Å²) in [7, 11) is 1.55. The van der Waals surface area contributed by atoms with Crippen LogP contribution in [0.25, 0.3) is 0 Å². The summed E-state index contributed by atoms with van der Waals surface area (Å²) in [6.07, 6.45) is 0.0299. The molecule has 1 rings (SSSR count). The number of aryl methyl sites for hydroxylation is 1. The van der Waals surface area contributed by atoms with E-state index >= 15 is 0 Å². The number of amides is 1. The van der Waals surface area contributed by atoms with Crippen molar-refractivity contribution in [2.45, 2.75) is 19.4 Å². The largest absolute Gasteiger partial charge is 0.380 e. The van der Waals surface area contributed by atoms with E-state index in [1.807, 2.05) is 25.1 Å². The molecular weight excluding hydrogens is 320 g/mol. The van der Waals surface area contributed by atoms with Crippen molar-refractivity contribution in [3.05, 3.63) is 28.2 Å². The zero-order valence-corrected chi connectivity index (χ0v) is 12.8. The van der Waals surface area contributed by atoms with E-state index in [1.165, 1.54) is 0 Å². The summed E-state index contributed by atoms with van der Waals surface area (Å²) in [4.78, 5) is 11.7. The molecule has 0 fully saturated rings. The molecule has 1 atom stereocenters. The minimum atomic E-state index is -0.233. The van der Waals surface area contributed by atoms with Crippen molar-refractivity contribution in [3.8, 4) is 0 Å². The molecule has 0 heterocycles. The van der Waals surface area contributed by atoms with E-state index in [4.69, 9.17) is 10.5 Å². The quantitative estimate of drug-likeness (QED) is 0.867. The van der Waals surface area contributed by atoms with E-state index in [9.17, 15) is 4.79 Å². The van der Waals surface area contributed by atoms with E-state index < -0.39 is 0 Å². The first-order chi connectivity index (χ1) is 8.06. The van der Waals surface area contributed by atoms with Gasteiger partial charge in [-0.15, -0.1) is 12.4 Å². The minimum Gasteiger partial charge on any atom is -0.380 e. The van der Waals surface area contributed by atoms with Crippen molar-refractivity contribution < 1.29 is 9.53 Å². The summed E-state index contributed by atoms with van der Waals surface area (Å²) in [6, 6.07) is 5.68. The van der Waals surface area contributed by atoms with Crippen LogP contribution in [0.3, 0.4) is 0 Å². The highest BCUT2D eigenvalue weighted by molar-refractivity contribution is 9.10. The molecule has 0 spiro atoms. The number of rotatable bonds is 5. The first-order valence-electron chi connectivity index (χ1n) is 5.35. The van der Waals surface area contributed by atoms with E-state index in [-0.39, 0.29) is 30.8 Å². The molecule has 0 saturated heterocycles. The minimum absolute atomic E-state index is 0. The Morgan fingerprint density at radius 3 is 2.72 bits per heavy atom. The summed E-state index contributed by atoms with van der Waals surface area (Å²) in [6.45, 7) is 2.33. The molecule has 0 aromatic heterocycles. The number of ether oxygens (including phenoxy) is 1. The number of hydrogen-bond acceptors (Lipinski definition) is 3. The molecule has 0 aliphatic carbocycles. The lowest BCUT2D eigenvalue weighted by atomic mass is 10.2. The number of nitrogens with one attached hydrogen (secondary N) is 1. The molecule has 0 bridgehead atoms. The van der Waals surface area contributed by atoms with Gasteiger partial charge in [-0.3, -0.25) is 4.79 Å². The zero-order valence-electron chi connectivity index (χ0n) is 10.4. The molecule has 0 aliphatic rings. The Balaban J connectivity index is 0.00000289. The number of halogens is 2. The van der Waals surface area contributed by atoms with Gasteiger partial charge in [-0.1, -0.05) is 22.0 Å². The fourth-order valence-corrected chi connectivity index (χ4v) is 1.73. The lowest BCUT2D eigenvalue weighted by Gasteiger charge is -2.13. The van der Waals surface area contributed by atoms with Crippen LogP contribution >= 0.6 is 28.3 Å². The average Bonchev–Trinajstić information content (AvgIpc) is 2.31. The predicted molar refractivity (Wildman–Crippen MR) is 79.2 cm³/mol. The van der Waals surface area contributed by atoms with Crippen LogP contribution in [0.5, 0.6) is 0 Å². The maximum absolute atomic E-state index is 11.7. The number of methoxy groups -OCH3 is 1. The number of nitrogens with two attached hydrogens (primary N) is 1. The van der Waals surface area contributed by atoms with Gasteiger partial charge in [0.15, 0.2) is 0 Å². The molecule has 0 saturated carbocycles. The second-order valence-electron chi connectivity index (χ2n) is 3.81. The third-order valence-corrected chi connectivity index (χ3v) is 3.32. The van der Waals surface area contributed by atoms with E-state index in [1.54, 1.807) is 7.11 Å². The Morgan fingerprint density at radius 2 is 2.22 bits per heavy atom. The Hall–Kier alpha value is -0.620. The maximum atomic E-state index is 11.7. The molecular formula is C12H18BrClN2O2. The van der Waals surface area contributed by atoms with Crippen molar-refractivity contribution in [1.29, 1.82) is 0 Å². The normalized spacial score (nSPS) is 11.6. The monoisotopic (exact) mass is 336 g/mol. The number of carbonyl (C=O) groups is 1. The third kappa shape index (κ3) is 5.35. The van der Waals surface area contributed by atoms with Crippen molar-refractivity contribution in [3.63, 3.8) is 0 Å². The van der Waals surface area contributed by atoms with Crippen LogP contribution in [0.4, 0.5) is 5.69 Å². The molecule has 3 N–H and O–H groups in total. The van der Waals surface area contributed by atoms with Crippen molar-refractivity contribution in [1.82, 2.24) is 0 Å². The highest BCUT2D eigenvalue weighted by Crippen LogP contribution is 2.20. The van der Waals surface area contributed by atoms with Gasteiger partial charge in [0.05, 0.1) is 12.5 Å². The Kier molecular flexibility index (Phi) is 8.18. The van der Waals surface area contributed by atoms with Crippen LogP contribution in [0, 0.1) is 6.92 Å². The molecule has 0 radical (unpaired) electrons. The second kappa shape index (κ2) is 8.48.